The molecule has 0 aliphatic heterocycles. The summed E-state index contributed by atoms with van der Waals surface area (Å²) in [5, 5.41) is 2.82. The van der Waals surface area contributed by atoms with Crippen LogP contribution >= 0.6 is 0 Å². The van der Waals surface area contributed by atoms with Gasteiger partial charge in [0.15, 0.2) is 0 Å². The number of nitrogens with one attached hydrogen (secondary N) is 1. The molecule has 1 N–H and O–H groups in total. The molecule has 1 rings (SSSR count). The van der Waals surface area contributed by atoms with E-state index >= 15 is 0 Å². The Balaban J connectivity index is 2.45. The van der Waals surface area contributed by atoms with Crippen LogP contribution in [0.3, 0.4) is 0 Å². The highest BCUT2D eigenvalue weighted by Gasteiger charge is 2.02. The van der Waals surface area contributed by atoms with Gasteiger partial charge in [-0.15, -0.1) is 0 Å². The fourth-order valence-corrected chi connectivity index (χ4v) is 0.971. The maximum absolute atomic E-state index is 12.8. The Morgan fingerprint density at radius 2 is 2.23 bits per heavy atom. The molecule has 1 unspecified atom stereocenters. The number of alkyl halides is 1. The average molecular weight is 185 g/mol. The second-order valence-electron chi connectivity index (χ2n) is 2.90. The van der Waals surface area contributed by atoms with Gasteiger partial charge in [-0.3, -0.25) is 0 Å². The highest BCUT2D eigenvalue weighted by molar-refractivity contribution is 5.43. The van der Waals surface area contributed by atoms with Crippen molar-refractivity contribution in [2.75, 3.05) is 11.9 Å². The number of halogens is 2. The summed E-state index contributed by atoms with van der Waals surface area (Å²) in [6, 6.07) is 6.02. The van der Waals surface area contributed by atoms with Crippen LogP contribution in [0.4, 0.5) is 14.5 Å². The summed E-state index contributed by atoms with van der Waals surface area (Å²) in [4.78, 5) is 0. The number of anilines is 1. The summed E-state index contributed by atoms with van der Waals surface area (Å²) in [5.41, 5.74) is 0.621. The Kier molecular flexibility index (Phi) is 3.68. The van der Waals surface area contributed by atoms with Crippen LogP contribution in [0.15, 0.2) is 24.3 Å². The lowest BCUT2D eigenvalue weighted by molar-refractivity contribution is 0.340. The van der Waals surface area contributed by atoms with Crippen LogP contribution in [0.5, 0.6) is 0 Å². The predicted molar refractivity (Wildman–Crippen MR) is 50.1 cm³/mol. The number of hydrogen-bond acceptors (Lipinski definition) is 1. The van der Waals surface area contributed by atoms with Crippen molar-refractivity contribution in [3.8, 4) is 0 Å². The van der Waals surface area contributed by atoms with Crippen LogP contribution in [0.2, 0.25) is 0 Å². The van der Waals surface area contributed by atoms with Gasteiger partial charge in [0.25, 0.3) is 0 Å². The Bertz CT molecular complexity index is 263. The largest absolute Gasteiger partial charge is 0.382 e. The summed E-state index contributed by atoms with van der Waals surface area (Å²) in [5.74, 6) is -0.308. The highest BCUT2D eigenvalue weighted by Crippen LogP contribution is 2.09. The van der Waals surface area contributed by atoms with Crippen LogP contribution in [-0.4, -0.2) is 12.7 Å². The van der Waals surface area contributed by atoms with Crippen molar-refractivity contribution >= 4 is 5.69 Å². The Labute approximate surface area is 76.8 Å². The third-order valence-electron chi connectivity index (χ3n) is 1.80. The third kappa shape index (κ3) is 3.40. The standard InChI is InChI=1S/C10H13F2N/c1-2-8(11)7-13-10-5-3-4-9(12)6-10/h3-6,8,13H,2,7H2,1H3. The van der Waals surface area contributed by atoms with Gasteiger partial charge >= 0.3 is 0 Å². The minimum absolute atomic E-state index is 0.236. The van der Waals surface area contributed by atoms with Crippen molar-refractivity contribution in [1.82, 2.24) is 0 Å². The molecule has 1 atom stereocenters. The lowest BCUT2D eigenvalue weighted by atomic mass is 10.2. The van der Waals surface area contributed by atoms with Crippen LogP contribution in [0.25, 0.3) is 0 Å². The molecule has 0 bridgehead atoms. The van der Waals surface area contributed by atoms with E-state index in [1.54, 1.807) is 19.1 Å². The SMILES string of the molecule is CCC(F)CNc1cccc(F)c1. The van der Waals surface area contributed by atoms with Gasteiger partial charge in [-0.2, -0.15) is 0 Å². The monoisotopic (exact) mass is 185 g/mol. The summed E-state index contributed by atoms with van der Waals surface area (Å²) in [7, 11) is 0. The molecule has 0 aliphatic rings. The number of hydrogen-bond donors (Lipinski definition) is 1. The van der Waals surface area contributed by atoms with Crippen LogP contribution < -0.4 is 5.32 Å². The second kappa shape index (κ2) is 4.80. The molecule has 72 valence electrons. The van der Waals surface area contributed by atoms with E-state index in [4.69, 9.17) is 0 Å². The quantitative estimate of drug-likeness (QED) is 0.760. The topological polar surface area (TPSA) is 12.0 Å². The van der Waals surface area contributed by atoms with Crippen LogP contribution in [-0.2, 0) is 0 Å². The van der Waals surface area contributed by atoms with E-state index in [0.29, 0.717) is 12.1 Å². The van der Waals surface area contributed by atoms with Gasteiger partial charge < -0.3 is 5.32 Å². The van der Waals surface area contributed by atoms with Crippen LogP contribution in [0.1, 0.15) is 13.3 Å². The predicted octanol–water partition coefficient (Wildman–Crippen LogP) is 2.99. The highest BCUT2D eigenvalue weighted by atomic mass is 19.1. The zero-order chi connectivity index (χ0) is 9.68. The maximum atomic E-state index is 12.8. The fourth-order valence-electron chi connectivity index (χ4n) is 0.971. The van der Waals surface area contributed by atoms with Gasteiger partial charge in [0, 0.05) is 12.2 Å². The van der Waals surface area contributed by atoms with Gasteiger partial charge in [-0.05, 0) is 24.6 Å². The van der Waals surface area contributed by atoms with Gasteiger partial charge in [-0.1, -0.05) is 13.0 Å². The summed E-state index contributed by atoms with van der Waals surface area (Å²) < 4.78 is 25.4. The molecule has 0 saturated carbocycles. The second-order valence-corrected chi connectivity index (χ2v) is 2.90. The molecule has 0 aromatic heterocycles. The maximum Gasteiger partial charge on any atom is 0.125 e. The van der Waals surface area contributed by atoms with Crippen molar-refractivity contribution in [1.29, 1.82) is 0 Å². The van der Waals surface area contributed by atoms with Crippen LogP contribution in [0, 0.1) is 5.82 Å². The smallest absolute Gasteiger partial charge is 0.125 e. The summed E-state index contributed by atoms with van der Waals surface area (Å²) in [6.45, 7) is 2.01. The first-order valence-corrected chi connectivity index (χ1v) is 4.36. The molecule has 13 heavy (non-hydrogen) atoms. The van der Waals surface area contributed by atoms with Crippen molar-refractivity contribution < 1.29 is 8.78 Å². The molecular formula is C10H13F2N. The Hall–Kier alpha value is -1.12. The molecule has 0 spiro atoms. The van der Waals surface area contributed by atoms with E-state index in [-0.39, 0.29) is 12.4 Å². The van der Waals surface area contributed by atoms with E-state index in [2.05, 4.69) is 5.32 Å². The van der Waals surface area contributed by atoms with E-state index in [9.17, 15) is 8.78 Å². The molecule has 0 heterocycles. The van der Waals surface area contributed by atoms with E-state index in [1.165, 1.54) is 12.1 Å². The summed E-state index contributed by atoms with van der Waals surface area (Å²) >= 11 is 0. The molecule has 3 heteroatoms. The minimum atomic E-state index is -0.872. The first-order valence-electron chi connectivity index (χ1n) is 4.36. The van der Waals surface area contributed by atoms with Crippen molar-refractivity contribution in [2.24, 2.45) is 0 Å². The lowest BCUT2D eigenvalue weighted by Gasteiger charge is -2.08. The molecule has 1 nitrogen and oxygen atoms in total. The van der Waals surface area contributed by atoms with Gasteiger partial charge in [0.2, 0.25) is 0 Å². The van der Waals surface area contributed by atoms with E-state index in [1.807, 2.05) is 0 Å². The molecule has 0 aliphatic carbocycles. The molecule has 1 aromatic rings. The lowest BCUT2D eigenvalue weighted by Crippen LogP contribution is -2.13. The zero-order valence-electron chi connectivity index (χ0n) is 7.56. The zero-order valence-corrected chi connectivity index (χ0v) is 7.56. The van der Waals surface area contributed by atoms with E-state index < -0.39 is 6.17 Å². The molecule has 1 aromatic carbocycles. The fraction of sp³-hybridized carbons (Fsp3) is 0.400. The average Bonchev–Trinajstić information content (AvgIpc) is 2.14. The van der Waals surface area contributed by atoms with Gasteiger partial charge in [0.1, 0.15) is 12.0 Å². The molecule has 0 amide bonds. The summed E-state index contributed by atoms with van der Waals surface area (Å²) in [6.07, 6.45) is -0.397. The first-order chi connectivity index (χ1) is 6.22. The molecule has 0 radical (unpaired) electrons. The Morgan fingerprint density at radius 1 is 1.46 bits per heavy atom. The Morgan fingerprint density at radius 3 is 2.85 bits per heavy atom. The van der Waals surface area contributed by atoms with Crippen molar-refractivity contribution in [3.05, 3.63) is 30.1 Å². The number of benzene rings is 1. The van der Waals surface area contributed by atoms with Gasteiger partial charge in [0.05, 0.1) is 0 Å². The molecular weight excluding hydrogens is 172 g/mol. The van der Waals surface area contributed by atoms with Crippen molar-refractivity contribution in [3.63, 3.8) is 0 Å². The minimum Gasteiger partial charge on any atom is -0.382 e. The van der Waals surface area contributed by atoms with E-state index in [0.717, 1.165) is 0 Å². The normalized spacial score (nSPS) is 12.5. The molecule has 0 fully saturated rings. The first kappa shape index (κ1) is 9.96. The van der Waals surface area contributed by atoms with Gasteiger partial charge in [-0.25, -0.2) is 8.78 Å². The third-order valence-corrected chi connectivity index (χ3v) is 1.80. The number of rotatable bonds is 4. The molecule has 0 saturated heterocycles. The van der Waals surface area contributed by atoms with Crippen molar-refractivity contribution in [2.45, 2.75) is 19.5 Å².